The highest BCUT2D eigenvalue weighted by atomic mass is 16.5. The maximum Gasteiger partial charge on any atom is 0.150 e. The summed E-state index contributed by atoms with van der Waals surface area (Å²) in [5.74, 6) is 0. The van der Waals surface area contributed by atoms with Crippen molar-refractivity contribution in [1.29, 1.82) is 0 Å². The topological polar surface area (TPSA) is 29.5 Å². The maximum atomic E-state index is 10.5. The molecule has 0 amide bonds. The minimum atomic E-state index is 0.706. The van der Waals surface area contributed by atoms with E-state index in [0.29, 0.717) is 5.56 Å². The largest absolute Gasteiger partial charge is 0.380 e. The van der Waals surface area contributed by atoms with Gasteiger partial charge in [0.1, 0.15) is 6.29 Å². The van der Waals surface area contributed by atoms with Crippen molar-refractivity contribution in [1.82, 2.24) is 0 Å². The maximum absolute atomic E-state index is 10.5. The third-order valence-corrected chi connectivity index (χ3v) is 2.25. The molecule has 0 aromatic heterocycles. The zero-order chi connectivity index (χ0) is 11.1. The van der Waals surface area contributed by atoms with Crippen LogP contribution in [0, 0.1) is 0 Å². The highest BCUT2D eigenvalue weighted by Crippen LogP contribution is 2.12. The van der Waals surface area contributed by atoms with Crippen molar-refractivity contribution >= 4 is 12.0 Å². The van der Waals surface area contributed by atoms with Gasteiger partial charge in [-0.2, -0.15) is 0 Å². The van der Waals surface area contributed by atoms with Crippen molar-refractivity contribution < 1.29 is 9.53 Å². The summed E-state index contributed by atoms with van der Waals surface area (Å²) in [7, 11) is 2.01. The zero-order valence-electron chi connectivity index (χ0n) is 9.27. The van der Waals surface area contributed by atoms with E-state index >= 15 is 0 Å². The fraction of sp³-hybridized carbons (Fsp3) is 0.417. The van der Waals surface area contributed by atoms with Crippen molar-refractivity contribution in [2.45, 2.75) is 6.92 Å². The summed E-state index contributed by atoms with van der Waals surface area (Å²) in [5.41, 5.74) is 1.80. The molecule has 0 aliphatic carbocycles. The summed E-state index contributed by atoms with van der Waals surface area (Å²) in [6.07, 6.45) is 0.851. The Morgan fingerprint density at radius 3 is 2.53 bits per heavy atom. The highest BCUT2D eigenvalue weighted by Gasteiger charge is 1.99. The molecule has 0 saturated heterocycles. The number of hydrogen-bond donors (Lipinski definition) is 0. The van der Waals surface area contributed by atoms with Gasteiger partial charge < -0.3 is 9.64 Å². The van der Waals surface area contributed by atoms with E-state index in [4.69, 9.17) is 4.74 Å². The number of likely N-dealkylation sites (N-methyl/N-ethyl adjacent to an activating group) is 1. The molecule has 0 spiro atoms. The number of hydrogen-bond acceptors (Lipinski definition) is 3. The van der Waals surface area contributed by atoms with Gasteiger partial charge in [-0.3, -0.25) is 4.79 Å². The minimum absolute atomic E-state index is 0.706. The van der Waals surface area contributed by atoms with Gasteiger partial charge in [0.15, 0.2) is 0 Å². The molecular weight excluding hydrogens is 190 g/mol. The summed E-state index contributed by atoms with van der Waals surface area (Å²) in [4.78, 5) is 12.6. The molecule has 1 aromatic rings. The molecule has 0 fully saturated rings. The molecule has 0 unspecified atom stereocenters. The summed E-state index contributed by atoms with van der Waals surface area (Å²) in [6.45, 7) is 4.31. The van der Waals surface area contributed by atoms with E-state index in [-0.39, 0.29) is 0 Å². The fourth-order valence-electron chi connectivity index (χ4n) is 1.28. The Balaban J connectivity index is 2.50. The SMILES string of the molecule is CCOCCN(C)c1ccc(C=O)cc1. The van der Waals surface area contributed by atoms with Gasteiger partial charge in [0.05, 0.1) is 6.61 Å². The third kappa shape index (κ3) is 3.72. The number of ether oxygens (including phenoxy) is 1. The van der Waals surface area contributed by atoms with E-state index in [1.165, 1.54) is 0 Å². The minimum Gasteiger partial charge on any atom is -0.380 e. The Bertz CT molecular complexity index is 295. The number of nitrogens with zero attached hydrogens (tertiary/aromatic N) is 1. The predicted molar refractivity (Wildman–Crippen MR) is 61.6 cm³/mol. The molecule has 3 heteroatoms. The Kier molecular flexibility index (Phi) is 4.84. The Hall–Kier alpha value is -1.35. The predicted octanol–water partition coefficient (Wildman–Crippen LogP) is 1.97. The standard InChI is InChI=1S/C12H17NO2/c1-3-15-9-8-13(2)12-6-4-11(10-14)5-7-12/h4-7,10H,3,8-9H2,1-2H3. The monoisotopic (exact) mass is 207 g/mol. The first-order chi connectivity index (χ1) is 7.27. The van der Waals surface area contributed by atoms with Crippen LogP contribution in [-0.2, 0) is 4.74 Å². The van der Waals surface area contributed by atoms with Gasteiger partial charge in [0.2, 0.25) is 0 Å². The second-order valence-electron chi connectivity index (χ2n) is 3.33. The van der Waals surface area contributed by atoms with Crippen LogP contribution in [0.15, 0.2) is 24.3 Å². The smallest absolute Gasteiger partial charge is 0.150 e. The first kappa shape index (κ1) is 11.7. The van der Waals surface area contributed by atoms with Crippen LogP contribution in [0.2, 0.25) is 0 Å². The van der Waals surface area contributed by atoms with Gasteiger partial charge in [-0.1, -0.05) is 0 Å². The fourth-order valence-corrected chi connectivity index (χ4v) is 1.28. The number of anilines is 1. The number of rotatable bonds is 6. The highest BCUT2D eigenvalue weighted by molar-refractivity contribution is 5.75. The Labute approximate surface area is 90.7 Å². The van der Waals surface area contributed by atoms with E-state index in [1.807, 2.05) is 38.2 Å². The molecule has 0 aliphatic heterocycles. The number of aldehydes is 1. The van der Waals surface area contributed by atoms with Gasteiger partial charge in [-0.15, -0.1) is 0 Å². The molecule has 0 aliphatic rings. The van der Waals surface area contributed by atoms with Crippen LogP contribution >= 0.6 is 0 Å². The van der Waals surface area contributed by atoms with Crippen molar-refractivity contribution in [3.63, 3.8) is 0 Å². The Morgan fingerprint density at radius 1 is 1.33 bits per heavy atom. The van der Waals surface area contributed by atoms with E-state index < -0.39 is 0 Å². The van der Waals surface area contributed by atoms with Gasteiger partial charge in [0, 0.05) is 31.5 Å². The molecule has 0 atom stereocenters. The number of carbonyl (C=O) groups is 1. The van der Waals surface area contributed by atoms with Gasteiger partial charge in [-0.25, -0.2) is 0 Å². The lowest BCUT2D eigenvalue weighted by atomic mass is 10.2. The number of benzene rings is 1. The lowest BCUT2D eigenvalue weighted by Gasteiger charge is -2.18. The molecule has 0 radical (unpaired) electrons. The normalized spacial score (nSPS) is 10.0. The van der Waals surface area contributed by atoms with Crippen LogP contribution in [0.1, 0.15) is 17.3 Å². The first-order valence-corrected chi connectivity index (χ1v) is 5.12. The van der Waals surface area contributed by atoms with Crippen LogP contribution < -0.4 is 4.90 Å². The molecule has 3 nitrogen and oxygen atoms in total. The van der Waals surface area contributed by atoms with Crippen molar-refractivity contribution in [2.75, 3.05) is 31.7 Å². The second kappa shape index (κ2) is 6.19. The summed E-state index contributed by atoms with van der Waals surface area (Å²) < 4.78 is 5.27. The van der Waals surface area contributed by atoms with Crippen molar-refractivity contribution in [2.24, 2.45) is 0 Å². The van der Waals surface area contributed by atoms with E-state index in [1.54, 1.807) is 0 Å². The molecule has 0 N–H and O–H groups in total. The van der Waals surface area contributed by atoms with Gasteiger partial charge in [-0.05, 0) is 31.2 Å². The Morgan fingerprint density at radius 2 is 2.00 bits per heavy atom. The zero-order valence-corrected chi connectivity index (χ0v) is 9.27. The first-order valence-electron chi connectivity index (χ1n) is 5.12. The lowest BCUT2D eigenvalue weighted by Crippen LogP contribution is -2.22. The van der Waals surface area contributed by atoms with E-state index in [2.05, 4.69) is 4.90 Å². The second-order valence-corrected chi connectivity index (χ2v) is 3.33. The summed E-state index contributed by atoms with van der Waals surface area (Å²) >= 11 is 0. The van der Waals surface area contributed by atoms with Gasteiger partial charge in [0.25, 0.3) is 0 Å². The van der Waals surface area contributed by atoms with Crippen LogP contribution in [0.4, 0.5) is 5.69 Å². The molecule has 0 saturated carbocycles. The lowest BCUT2D eigenvalue weighted by molar-refractivity contribution is 0.112. The molecule has 82 valence electrons. The third-order valence-electron chi connectivity index (χ3n) is 2.25. The molecule has 15 heavy (non-hydrogen) atoms. The summed E-state index contributed by atoms with van der Waals surface area (Å²) in [5, 5.41) is 0. The molecule has 0 heterocycles. The van der Waals surface area contributed by atoms with Crippen LogP contribution in [-0.4, -0.2) is 33.1 Å². The van der Waals surface area contributed by atoms with Crippen LogP contribution in [0.5, 0.6) is 0 Å². The van der Waals surface area contributed by atoms with Gasteiger partial charge >= 0.3 is 0 Å². The number of carbonyl (C=O) groups excluding carboxylic acids is 1. The quantitative estimate of drug-likeness (QED) is 0.527. The average Bonchev–Trinajstić information content (AvgIpc) is 2.29. The summed E-state index contributed by atoms with van der Waals surface area (Å²) in [6, 6.07) is 7.52. The van der Waals surface area contributed by atoms with Crippen molar-refractivity contribution in [3.8, 4) is 0 Å². The van der Waals surface area contributed by atoms with Crippen LogP contribution in [0.3, 0.4) is 0 Å². The van der Waals surface area contributed by atoms with E-state index in [9.17, 15) is 4.79 Å². The van der Waals surface area contributed by atoms with E-state index in [0.717, 1.165) is 31.7 Å². The average molecular weight is 207 g/mol. The molecular formula is C12H17NO2. The van der Waals surface area contributed by atoms with Crippen LogP contribution in [0.25, 0.3) is 0 Å². The molecule has 1 rings (SSSR count). The molecule has 0 bridgehead atoms. The molecule has 1 aromatic carbocycles. The van der Waals surface area contributed by atoms with Crippen molar-refractivity contribution in [3.05, 3.63) is 29.8 Å².